The van der Waals surface area contributed by atoms with Crippen LogP contribution in [0.15, 0.2) is 11.6 Å². The highest BCUT2D eigenvalue weighted by Crippen LogP contribution is 2.20. The van der Waals surface area contributed by atoms with E-state index in [1.807, 2.05) is 0 Å². The molecule has 0 aromatic rings. The van der Waals surface area contributed by atoms with Gasteiger partial charge in [0.2, 0.25) is 0 Å². The van der Waals surface area contributed by atoms with Gasteiger partial charge in [-0.15, -0.1) is 0 Å². The first-order chi connectivity index (χ1) is 7.52. The summed E-state index contributed by atoms with van der Waals surface area (Å²) in [6, 6.07) is 1.15. The molecule has 1 N–H and O–H groups in total. The van der Waals surface area contributed by atoms with Crippen LogP contribution in [0.2, 0.25) is 0 Å². The van der Waals surface area contributed by atoms with Crippen molar-refractivity contribution in [3.8, 4) is 0 Å². The van der Waals surface area contributed by atoms with Gasteiger partial charge in [0.25, 0.3) is 0 Å². The maximum atomic E-state index is 3.71. The molecule has 0 rings (SSSR count). The molecule has 0 spiro atoms. The van der Waals surface area contributed by atoms with Crippen molar-refractivity contribution in [3.63, 3.8) is 0 Å². The second-order valence-corrected chi connectivity index (χ2v) is 5.28. The molecule has 96 valence electrons. The molecule has 0 aromatic heterocycles. The summed E-state index contributed by atoms with van der Waals surface area (Å²) in [5.74, 6) is 0.660. The lowest BCUT2D eigenvalue weighted by molar-refractivity contribution is 0.442. The van der Waals surface area contributed by atoms with Crippen molar-refractivity contribution in [2.45, 2.75) is 79.3 Å². The van der Waals surface area contributed by atoms with Crippen molar-refractivity contribution >= 4 is 0 Å². The molecule has 0 amide bonds. The minimum Gasteiger partial charge on any atom is -0.308 e. The van der Waals surface area contributed by atoms with E-state index in [1.54, 1.807) is 5.57 Å². The fourth-order valence-electron chi connectivity index (χ4n) is 2.17. The summed E-state index contributed by atoms with van der Waals surface area (Å²) in [6.07, 6.45) is 7.45. The van der Waals surface area contributed by atoms with Crippen molar-refractivity contribution in [2.75, 3.05) is 0 Å². The molecule has 1 nitrogen and oxygen atoms in total. The van der Waals surface area contributed by atoms with E-state index in [1.165, 1.54) is 19.3 Å². The Kier molecular flexibility index (Phi) is 8.64. The van der Waals surface area contributed by atoms with E-state index >= 15 is 0 Å². The van der Waals surface area contributed by atoms with Crippen molar-refractivity contribution < 1.29 is 0 Å². The summed E-state index contributed by atoms with van der Waals surface area (Å²) in [6.45, 7) is 13.6. The number of rotatable bonds is 8. The van der Waals surface area contributed by atoms with Gasteiger partial charge in [-0.2, -0.15) is 0 Å². The van der Waals surface area contributed by atoms with E-state index in [0.717, 1.165) is 6.42 Å². The van der Waals surface area contributed by atoms with E-state index in [2.05, 4.69) is 52.9 Å². The largest absolute Gasteiger partial charge is 0.308 e. The number of nitrogens with one attached hydrogen (secondary N) is 1. The summed E-state index contributed by atoms with van der Waals surface area (Å²) < 4.78 is 0. The van der Waals surface area contributed by atoms with E-state index in [-0.39, 0.29) is 0 Å². The van der Waals surface area contributed by atoms with Crippen LogP contribution in [0.3, 0.4) is 0 Å². The van der Waals surface area contributed by atoms with Crippen LogP contribution >= 0.6 is 0 Å². The Hall–Kier alpha value is -0.300. The first-order valence-electron chi connectivity index (χ1n) is 6.98. The molecule has 0 saturated carbocycles. The molecule has 0 radical (unpaired) electrons. The first-order valence-corrected chi connectivity index (χ1v) is 6.98. The van der Waals surface area contributed by atoms with Crippen molar-refractivity contribution in [2.24, 2.45) is 5.92 Å². The summed E-state index contributed by atoms with van der Waals surface area (Å²) >= 11 is 0. The van der Waals surface area contributed by atoms with Gasteiger partial charge in [0.15, 0.2) is 0 Å². The van der Waals surface area contributed by atoms with E-state index < -0.39 is 0 Å². The maximum Gasteiger partial charge on any atom is 0.0284 e. The van der Waals surface area contributed by atoms with Crippen LogP contribution in [0, 0.1) is 5.92 Å². The molecular weight excluding hydrogens is 194 g/mol. The van der Waals surface area contributed by atoms with Crippen LogP contribution in [0.5, 0.6) is 0 Å². The molecule has 0 fully saturated rings. The maximum absolute atomic E-state index is 3.71. The molecule has 1 atom stereocenters. The standard InChI is InChI=1S/C15H31N/c1-7-9-11-15(16-13(5)6)14(10-8-2)12(3)4/h10,12-13,15-16H,7-9,11H2,1-6H3/b14-10-. The van der Waals surface area contributed by atoms with Gasteiger partial charge >= 0.3 is 0 Å². The van der Waals surface area contributed by atoms with Crippen LogP contribution < -0.4 is 5.32 Å². The van der Waals surface area contributed by atoms with Crippen LogP contribution in [0.1, 0.15) is 67.2 Å². The average Bonchev–Trinajstić information content (AvgIpc) is 2.20. The molecule has 0 saturated heterocycles. The molecule has 1 unspecified atom stereocenters. The minimum atomic E-state index is 0.570. The lowest BCUT2D eigenvalue weighted by Gasteiger charge is -2.27. The zero-order chi connectivity index (χ0) is 12.6. The molecule has 0 heterocycles. The summed E-state index contributed by atoms with van der Waals surface area (Å²) in [4.78, 5) is 0. The SMILES string of the molecule is CC/C=C(/C(C)C)C(CCCC)NC(C)C. The smallest absolute Gasteiger partial charge is 0.0284 e. The van der Waals surface area contributed by atoms with Gasteiger partial charge in [0.05, 0.1) is 0 Å². The van der Waals surface area contributed by atoms with Crippen molar-refractivity contribution in [1.82, 2.24) is 5.32 Å². The first kappa shape index (κ1) is 15.7. The predicted molar refractivity (Wildman–Crippen MR) is 74.8 cm³/mol. The Labute approximate surface area is 103 Å². The second kappa shape index (κ2) is 8.81. The molecule has 1 heteroatoms. The fraction of sp³-hybridized carbons (Fsp3) is 0.867. The summed E-state index contributed by atoms with van der Waals surface area (Å²) in [5.41, 5.74) is 1.60. The minimum absolute atomic E-state index is 0.570. The lowest BCUT2D eigenvalue weighted by Crippen LogP contribution is -2.37. The number of allylic oxidation sites excluding steroid dienone is 1. The highest BCUT2D eigenvalue weighted by Gasteiger charge is 2.16. The molecule has 0 aromatic carbocycles. The van der Waals surface area contributed by atoms with Gasteiger partial charge in [-0.1, -0.05) is 66.0 Å². The summed E-state index contributed by atoms with van der Waals surface area (Å²) in [7, 11) is 0. The van der Waals surface area contributed by atoms with Gasteiger partial charge in [0, 0.05) is 12.1 Å². The Morgan fingerprint density at radius 3 is 2.12 bits per heavy atom. The van der Waals surface area contributed by atoms with Crippen LogP contribution in [0.25, 0.3) is 0 Å². The molecular formula is C15H31N. The van der Waals surface area contributed by atoms with Crippen LogP contribution in [-0.2, 0) is 0 Å². The van der Waals surface area contributed by atoms with Crippen LogP contribution in [0.4, 0.5) is 0 Å². The molecule has 0 bridgehead atoms. The van der Waals surface area contributed by atoms with E-state index in [9.17, 15) is 0 Å². The fourth-order valence-corrected chi connectivity index (χ4v) is 2.17. The predicted octanol–water partition coefficient (Wildman–Crippen LogP) is 4.54. The highest BCUT2D eigenvalue weighted by molar-refractivity contribution is 5.13. The topological polar surface area (TPSA) is 12.0 Å². The van der Waals surface area contributed by atoms with Crippen molar-refractivity contribution in [3.05, 3.63) is 11.6 Å². The number of unbranched alkanes of at least 4 members (excludes halogenated alkanes) is 1. The third-order valence-corrected chi connectivity index (χ3v) is 2.89. The Bertz CT molecular complexity index is 192. The number of hydrogen-bond acceptors (Lipinski definition) is 1. The van der Waals surface area contributed by atoms with E-state index in [4.69, 9.17) is 0 Å². The third kappa shape index (κ3) is 6.32. The zero-order valence-corrected chi connectivity index (χ0v) is 12.1. The van der Waals surface area contributed by atoms with E-state index in [0.29, 0.717) is 18.0 Å². The Balaban J connectivity index is 4.60. The molecule has 16 heavy (non-hydrogen) atoms. The molecule has 0 aliphatic rings. The monoisotopic (exact) mass is 225 g/mol. The number of hydrogen-bond donors (Lipinski definition) is 1. The lowest BCUT2D eigenvalue weighted by atomic mass is 9.91. The normalized spacial score (nSPS) is 14.9. The van der Waals surface area contributed by atoms with Crippen LogP contribution in [-0.4, -0.2) is 12.1 Å². The summed E-state index contributed by atoms with van der Waals surface area (Å²) in [5, 5.41) is 3.71. The Morgan fingerprint density at radius 2 is 1.75 bits per heavy atom. The zero-order valence-electron chi connectivity index (χ0n) is 12.1. The highest BCUT2D eigenvalue weighted by atomic mass is 14.9. The van der Waals surface area contributed by atoms with Gasteiger partial charge in [-0.25, -0.2) is 0 Å². The molecule has 0 aliphatic carbocycles. The Morgan fingerprint density at radius 1 is 1.12 bits per heavy atom. The van der Waals surface area contributed by atoms with Gasteiger partial charge in [-0.3, -0.25) is 0 Å². The molecule has 0 aliphatic heterocycles. The second-order valence-electron chi connectivity index (χ2n) is 5.28. The third-order valence-electron chi connectivity index (χ3n) is 2.89. The van der Waals surface area contributed by atoms with Gasteiger partial charge in [0.1, 0.15) is 0 Å². The quantitative estimate of drug-likeness (QED) is 0.598. The van der Waals surface area contributed by atoms with Crippen molar-refractivity contribution in [1.29, 1.82) is 0 Å². The van der Waals surface area contributed by atoms with Gasteiger partial charge < -0.3 is 5.32 Å². The van der Waals surface area contributed by atoms with Gasteiger partial charge in [-0.05, 0) is 18.8 Å². The average molecular weight is 225 g/mol.